The lowest BCUT2D eigenvalue weighted by atomic mass is 9.67. The Morgan fingerprint density at radius 3 is 2.50 bits per heavy atom. The van der Waals surface area contributed by atoms with E-state index in [-0.39, 0.29) is 0 Å². The average molecular weight is 196 g/mol. The standard InChI is InChI=1S/C12H24N2/c1-12(2)6-5-11(12)14-8-9-3-4-10(13)7-9/h9-11,14H,3-8,13H2,1-2H3. The van der Waals surface area contributed by atoms with Crippen molar-refractivity contribution < 1.29 is 0 Å². The van der Waals surface area contributed by atoms with Crippen LogP contribution in [-0.2, 0) is 0 Å². The van der Waals surface area contributed by atoms with Gasteiger partial charge in [0.1, 0.15) is 0 Å². The monoisotopic (exact) mass is 196 g/mol. The summed E-state index contributed by atoms with van der Waals surface area (Å²) < 4.78 is 0. The van der Waals surface area contributed by atoms with Gasteiger partial charge < -0.3 is 11.1 Å². The van der Waals surface area contributed by atoms with Gasteiger partial charge in [0.2, 0.25) is 0 Å². The predicted octanol–water partition coefficient (Wildman–Crippen LogP) is 1.89. The van der Waals surface area contributed by atoms with Crippen molar-refractivity contribution in [2.75, 3.05) is 6.54 Å². The Morgan fingerprint density at radius 1 is 1.29 bits per heavy atom. The highest BCUT2D eigenvalue weighted by atomic mass is 15.0. The highest BCUT2D eigenvalue weighted by Gasteiger charge is 2.38. The van der Waals surface area contributed by atoms with Gasteiger partial charge in [-0.2, -0.15) is 0 Å². The Kier molecular flexibility index (Phi) is 2.85. The first-order valence-corrected chi connectivity index (χ1v) is 6.07. The zero-order valence-corrected chi connectivity index (χ0v) is 9.55. The van der Waals surface area contributed by atoms with Crippen LogP contribution in [-0.4, -0.2) is 18.6 Å². The van der Waals surface area contributed by atoms with E-state index < -0.39 is 0 Å². The number of nitrogens with two attached hydrogens (primary N) is 1. The van der Waals surface area contributed by atoms with Gasteiger partial charge in [-0.25, -0.2) is 0 Å². The molecule has 2 aliphatic rings. The second kappa shape index (κ2) is 3.82. The average Bonchev–Trinajstić information content (AvgIpc) is 2.50. The summed E-state index contributed by atoms with van der Waals surface area (Å²) in [5, 5.41) is 3.72. The maximum atomic E-state index is 5.90. The molecular weight excluding hydrogens is 172 g/mol. The van der Waals surface area contributed by atoms with Crippen molar-refractivity contribution in [3.63, 3.8) is 0 Å². The summed E-state index contributed by atoms with van der Waals surface area (Å²) in [5.41, 5.74) is 6.45. The lowest BCUT2D eigenvalue weighted by molar-refractivity contribution is 0.105. The van der Waals surface area contributed by atoms with Crippen LogP contribution in [0.5, 0.6) is 0 Å². The summed E-state index contributed by atoms with van der Waals surface area (Å²) in [6.07, 6.45) is 6.56. The van der Waals surface area contributed by atoms with Gasteiger partial charge in [-0.3, -0.25) is 0 Å². The molecule has 2 nitrogen and oxygen atoms in total. The van der Waals surface area contributed by atoms with E-state index >= 15 is 0 Å². The summed E-state index contributed by atoms with van der Waals surface area (Å²) in [5.74, 6) is 0.849. The minimum Gasteiger partial charge on any atom is -0.328 e. The largest absolute Gasteiger partial charge is 0.328 e. The number of hydrogen-bond acceptors (Lipinski definition) is 2. The SMILES string of the molecule is CC1(C)CCC1NCC1CCC(N)C1. The molecule has 0 aromatic rings. The molecule has 2 heteroatoms. The van der Waals surface area contributed by atoms with Gasteiger partial charge in [0.25, 0.3) is 0 Å². The lowest BCUT2D eigenvalue weighted by Gasteiger charge is -2.45. The number of rotatable bonds is 3. The molecule has 0 bridgehead atoms. The smallest absolute Gasteiger partial charge is 0.0119 e. The molecule has 0 aromatic heterocycles. The van der Waals surface area contributed by atoms with Crippen LogP contribution in [0.1, 0.15) is 46.0 Å². The fourth-order valence-corrected chi connectivity index (χ4v) is 2.85. The van der Waals surface area contributed by atoms with Crippen molar-refractivity contribution in [3.05, 3.63) is 0 Å². The summed E-state index contributed by atoms with van der Waals surface area (Å²) in [7, 11) is 0. The van der Waals surface area contributed by atoms with Gasteiger partial charge in [-0.1, -0.05) is 13.8 Å². The van der Waals surface area contributed by atoms with Gasteiger partial charge in [-0.15, -0.1) is 0 Å². The van der Waals surface area contributed by atoms with Gasteiger partial charge in [-0.05, 0) is 50.0 Å². The predicted molar refractivity (Wildman–Crippen MR) is 60.1 cm³/mol. The van der Waals surface area contributed by atoms with Crippen LogP contribution in [0.15, 0.2) is 0 Å². The van der Waals surface area contributed by atoms with E-state index in [1.54, 1.807) is 0 Å². The van der Waals surface area contributed by atoms with Crippen molar-refractivity contribution in [1.82, 2.24) is 5.32 Å². The van der Waals surface area contributed by atoms with E-state index in [0.29, 0.717) is 11.5 Å². The second-order valence-electron chi connectivity index (χ2n) is 5.93. The van der Waals surface area contributed by atoms with Crippen molar-refractivity contribution >= 4 is 0 Å². The molecule has 0 heterocycles. The molecule has 14 heavy (non-hydrogen) atoms. The number of nitrogens with one attached hydrogen (secondary N) is 1. The van der Waals surface area contributed by atoms with Crippen molar-refractivity contribution in [2.24, 2.45) is 17.1 Å². The third-order valence-corrected chi connectivity index (χ3v) is 4.26. The molecule has 2 rings (SSSR count). The second-order valence-corrected chi connectivity index (χ2v) is 5.93. The fourth-order valence-electron chi connectivity index (χ4n) is 2.85. The van der Waals surface area contributed by atoms with Crippen LogP contribution in [0.3, 0.4) is 0 Å². The Bertz CT molecular complexity index is 200. The third-order valence-electron chi connectivity index (χ3n) is 4.26. The molecule has 2 fully saturated rings. The van der Waals surface area contributed by atoms with Crippen molar-refractivity contribution in [2.45, 2.75) is 58.0 Å². The highest BCUT2D eigenvalue weighted by molar-refractivity contribution is 4.94. The molecule has 3 atom stereocenters. The molecule has 0 saturated heterocycles. The molecule has 0 amide bonds. The van der Waals surface area contributed by atoms with Crippen LogP contribution < -0.4 is 11.1 Å². The summed E-state index contributed by atoms with van der Waals surface area (Å²) in [6.45, 7) is 5.94. The van der Waals surface area contributed by atoms with Gasteiger partial charge in [0.15, 0.2) is 0 Å². The summed E-state index contributed by atoms with van der Waals surface area (Å²) in [4.78, 5) is 0. The molecule has 3 unspecified atom stereocenters. The first-order chi connectivity index (χ1) is 6.58. The van der Waals surface area contributed by atoms with E-state index in [2.05, 4.69) is 19.2 Å². The van der Waals surface area contributed by atoms with E-state index in [9.17, 15) is 0 Å². The van der Waals surface area contributed by atoms with Crippen LogP contribution in [0, 0.1) is 11.3 Å². The van der Waals surface area contributed by atoms with E-state index in [4.69, 9.17) is 5.73 Å². The molecule has 0 radical (unpaired) electrons. The Balaban J connectivity index is 1.68. The zero-order chi connectivity index (χ0) is 10.2. The van der Waals surface area contributed by atoms with Crippen molar-refractivity contribution in [3.8, 4) is 0 Å². The minimum atomic E-state index is 0.483. The highest BCUT2D eigenvalue weighted by Crippen LogP contribution is 2.40. The molecule has 0 spiro atoms. The van der Waals surface area contributed by atoms with Gasteiger partial charge in [0.05, 0.1) is 0 Å². The topological polar surface area (TPSA) is 38.0 Å². The van der Waals surface area contributed by atoms with E-state index in [1.807, 2.05) is 0 Å². The summed E-state index contributed by atoms with van der Waals surface area (Å²) in [6, 6.07) is 1.25. The quantitative estimate of drug-likeness (QED) is 0.723. The van der Waals surface area contributed by atoms with Gasteiger partial charge >= 0.3 is 0 Å². The normalized spacial score (nSPS) is 40.9. The van der Waals surface area contributed by atoms with Crippen molar-refractivity contribution in [1.29, 1.82) is 0 Å². The Hall–Kier alpha value is -0.0800. The molecule has 0 aliphatic heterocycles. The van der Waals surface area contributed by atoms with E-state index in [1.165, 1.54) is 38.6 Å². The molecule has 82 valence electrons. The van der Waals surface area contributed by atoms with Crippen LogP contribution in [0.4, 0.5) is 0 Å². The maximum absolute atomic E-state index is 5.90. The van der Waals surface area contributed by atoms with E-state index in [0.717, 1.165) is 12.0 Å². The van der Waals surface area contributed by atoms with Crippen LogP contribution in [0.25, 0.3) is 0 Å². The molecule has 0 aromatic carbocycles. The first kappa shape index (κ1) is 10.4. The van der Waals surface area contributed by atoms with Crippen LogP contribution in [0.2, 0.25) is 0 Å². The third kappa shape index (κ3) is 2.12. The molecular formula is C12H24N2. The minimum absolute atomic E-state index is 0.483. The number of hydrogen-bond donors (Lipinski definition) is 2. The van der Waals surface area contributed by atoms with Gasteiger partial charge in [0, 0.05) is 12.1 Å². The molecule has 3 N–H and O–H groups in total. The maximum Gasteiger partial charge on any atom is 0.0119 e. The fraction of sp³-hybridized carbons (Fsp3) is 1.00. The summed E-state index contributed by atoms with van der Waals surface area (Å²) >= 11 is 0. The zero-order valence-electron chi connectivity index (χ0n) is 9.55. The lowest BCUT2D eigenvalue weighted by Crippen LogP contribution is -2.51. The molecule has 2 saturated carbocycles. The van der Waals surface area contributed by atoms with Crippen LogP contribution >= 0.6 is 0 Å². The Labute approximate surface area is 87.6 Å². The first-order valence-electron chi connectivity index (χ1n) is 6.07. The Morgan fingerprint density at radius 2 is 2.07 bits per heavy atom. The molecule has 2 aliphatic carbocycles.